The van der Waals surface area contributed by atoms with Gasteiger partial charge in [-0.15, -0.1) is 0 Å². The summed E-state index contributed by atoms with van der Waals surface area (Å²) in [7, 11) is 0. The van der Waals surface area contributed by atoms with Gasteiger partial charge in [-0.1, -0.05) is 30.1 Å². The molecule has 0 aliphatic rings. The topological polar surface area (TPSA) is 76.9 Å². The number of allylic oxidation sites excluding steroid dienone is 1. The number of thioether (sulfide) groups is 1. The van der Waals surface area contributed by atoms with Gasteiger partial charge in [0.05, 0.1) is 0 Å². The number of hydrogen-bond donors (Lipinski definition) is 2. The van der Waals surface area contributed by atoms with Crippen LogP contribution in [0.1, 0.15) is 18.1 Å². The number of amidine groups is 1. The molecule has 6 heteroatoms. The van der Waals surface area contributed by atoms with E-state index in [1.807, 2.05) is 55.7 Å². The number of aromatic amines is 1. The molecular weight excluding hydrogens is 324 g/mol. The van der Waals surface area contributed by atoms with Crippen molar-refractivity contribution in [2.45, 2.75) is 13.3 Å². The largest absolute Gasteiger partial charge is 0.379 e. The molecule has 2 rings (SSSR count). The van der Waals surface area contributed by atoms with Crippen LogP contribution in [0, 0.1) is 5.41 Å². The molecule has 4 nitrogen and oxygen atoms in total. The molecule has 0 saturated heterocycles. The third-order valence-corrected chi connectivity index (χ3v) is 3.51. The molecule has 4 N–H and O–H groups in total. The van der Waals surface area contributed by atoms with E-state index in [0.29, 0.717) is 0 Å². The van der Waals surface area contributed by atoms with Crippen LogP contribution >= 0.6 is 24.0 Å². The van der Waals surface area contributed by atoms with E-state index in [-0.39, 0.29) is 5.17 Å². The molecule has 2 aromatic rings. The van der Waals surface area contributed by atoms with Gasteiger partial charge in [0.15, 0.2) is 17.6 Å². The highest BCUT2D eigenvalue weighted by Crippen LogP contribution is 2.04. The highest BCUT2D eigenvalue weighted by molar-refractivity contribution is 8.13. The summed E-state index contributed by atoms with van der Waals surface area (Å²) in [5.41, 5.74) is 7.59. The third-order valence-electron chi connectivity index (χ3n) is 2.65. The van der Waals surface area contributed by atoms with Crippen LogP contribution in [0.25, 0.3) is 6.08 Å². The monoisotopic (exact) mass is 345 g/mol. The molecule has 2 aromatic heterocycles. The molecule has 120 valence electrons. The number of nitrogens with zero attached hydrogens (tertiary/aromatic N) is 1. The molecule has 0 fully saturated rings. The van der Waals surface area contributed by atoms with Crippen molar-refractivity contribution in [3.05, 3.63) is 66.3 Å². The minimum Gasteiger partial charge on any atom is -0.379 e. The maximum absolute atomic E-state index is 6.99. The van der Waals surface area contributed by atoms with E-state index in [1.54, 1.807) is 12.4 Å². The van der Waals surface area contributed by atoms with Crippen LogP contribution in [0.3, 0.4) is 0 Å². The van der Waals surface area contributed by atoms with E-state index in [0.717, 1.165) is 22.6 Å². The zero-order valence-corrected chi connectivity index (χ0v) is 14.7. The van der Waals surface area contributed by atoms with Crippen LogP contribution in [-0.4, -0.2) is 20.8 Å². The molecule has 0 radical (unpaired) electrons. The number of thiocarbonyl (C=S) groups is 1. The molecule has 0 amide bonds. The van der Waals surface area contributed by atoms with E-state index >= 15 is 0 Å². The summed E-state index contributed by atoms with van der Waals surface area (Å²) in [4.78, 5) is 7.75. The number of H-pyrrole nitrogens is 1. The first-order valence-electron chi connectivity index (χ1n) is 7.08. The van der Waals surface area contributed by atoms with Crippen molar-refractivity contribution in [3.8, 4) is 0 Å². The van der Waals surface area contributed by atoms with Gasteiger partial charge in [-0.2, -0.15) is 0 Å². The standard InChI is InChI=1S/C9H9NS.C8H11N3S/c1-8(11)2-3-9-4-6-10-7-5-9;9-8(10)12-6-3-7-1-4-11-5-2-7/h2-7H,1H3;1-2,4-5H,3,6H2,(H3,9,10)/p+1. The fraction of sp³-hybridized carbons (Fsp3) is 0.176. The van der Waals surface area contributed by atoms with Crippen LogP contribution in [0.4, 0.5) is 0 Å². The lowest BCUT2D eigenvalue weighted by molar-refractivity contribution is -0.378. The van der Waals surface area contributed by atoms with Crippen LogP contribution in [0.5, 0.6) is 0 Å². The Balaban J connectivity index is 0.000000231. The fourth-order valence-corrected chi connectivity index (χ4v) is 2.18. The molecule has 0 atom stereocenters. The van der Waals surface area contributed by atoms with E-state index < -0.39 is 0 Å². The summed E-state index contributed by atoms with van der Waals surface area (Å²) in [6.07, 6.45) is 12.2. The molecule has 0 aliphatic heterocycles. The number of hydrogen-bond acceptors (Lipinski definition) is 4. The van der Waals surface area contributed by atoms with E-state index in [1.165, 1.54) is 17.3 Å². The molecule has 0 bridgehead atoms. The first-order chi connectivity index (χ1) is 11.1. The minimum atomic E-state index is 0.192. The summed E-state index contributed by atoms with van der Waals surface area (Å²) in [5.74, 6) is 0.874. The Labute approximate surface area is 146 Å². The Morgan fingerprint density at radius 1 is 1.30 bits per heavy atom. The van der Waals surface area contributed by atoms with E-state index in [4.69, 9.17) is 23.4 Å². The average Bonchev–Trinajstić information content (AvgIpc) is 2.55. The Hall–Kier alpha value is -2.05. The lowest BCUT2D eigenvalue weighted by atomic mass is 10.2. The third kappa shape index (κ3) is 10.3. The van der Waals surface area contributed by atoms with Gasteiger partial charge in [-0.05, 0) is 42.7 Å². The summed E-state index contributed by atoms with van der Waals surface area (Å²) < 4.78 is 0. The molecule has 0 saturated carbocycles. The number of aromatic nitrogens is 2. The summed E-state index contributed by atoms with van der Waals surface area (Å²) >= 11 is 6.27. The Bertz CT molecular complexity index is 628. The quantitative estimate of drug-likeness (QED) is 0.378. The van der Waals surface area contributed by atoms with Crippen molar-refractivity contribution in [3.63, 3.8) is 0 Å². The molecule has 23 heavy (non-hydrogen) atoms. The van der Waals surface area contributed by atoms with Crippen LogP contribution in [-0.2, 0) is 6.42 Å². The Morgan fingerprint density at radius 2 is 1.96 bits per heavy atom. The fourth-order valence-electron chi connectivity index (χ4n) is 1.56. The Kier molecular flexibility index (Phi) is 9.51. The predicted octanol–water partition coefficient (Wildman–Crippen LogP) is 3.15. The number of pyridine rings is 2. The van der Waals surface area contributed by atoms with Crippen molar-refractivity contribution in [1.82, 2.24) is 4.98 Å². The molecule has 2 heterocycles. The minimum absolute atomic E-state index is 0.192. The summed E-state index contributed by atoms with van der Waals surface area (Å²) in [6.45, 7) is 1.90. The maximum Gasteiger partial charge on any atom is 0.167 e. The van der Waals surface area contributed by atoms with Crippen molar-refractivity contribution < 1.29 is 4.98 Å². The first kappa shape index (κ1) is 19.0. The molecule has 0 aliphatic carbocycles. The second kappa shape index (κ2) is 11.5. The molecular formula is C17H21N4S2+. The van der Waals surface area contributed by atoms with Crippen LogP contribution < -0.4 is 10.7 Å². The number of aryl methyl sites for hydroxylation is 1. The van der Waals surface area contributed by atoms with Gasteiger partial charge in [0.2, 0.25) is 0 Å². The van der Waals surface area contributed by atoms with Gasteiger partial charge in [-0.3, -0.25) is 10.4 Å². The van der Waals surface area contributed by atoms with Gasteiger partial charge in [0.25, 0.3) is 0 Å². The number of nitrogens with one attached hydrogen (secondary N) is 2. The van der Waals surface area contributed by atoms with Gasteiger partial charge in [0, 0.05) is 35.1 Å². The zero-order valence-electron chi connectivity index (χ0n) is 13.0. The zero-order chi connectivity index (χ0) is 16.9. The lowest BCUT2D eigenvalue weighted by Gasteiger charge is -1.97. The van der Waals surface area contributed by atoms with Crippen molar-refractivity contribution in [2.75, 3.05) is 5.75 Å². The summed E-state index contributed by atoms with van der Waals surface area (Å²) in [6, 6.07) is 7.94. The number of nitrogens with two attached hydrogens (primary N) is 1. The van der Waals surface area contributed by atoms with Gasteiger partial charge >= 0.3 is 0 Å². The number of rotatable bonds is 5. The van der Waals surface area contributed by atoms with E-state index in [9.17, 15) is 0 Å². The second-order valence-corrected chi connectivity index (χ2v) is 6.38. The van der Waals surface area contributed by atoms with Gasteiger partial charge < -0.3 is 5.73 Å². The SMILES string of the molecule is CC(=S)C=Cc1ccncc1.N=C(N)SCCc1cc[nH+]cc1. The van der Waals surface area contributed by atoms with Crippen LogP contribution in [0.15, 0.2) is 55.1 Å². The highest BCUT2D eigenvalue weighted by atomic mass is 32.2. The normalized spacial score (nSPS) is 9.96. The van der Waals surface area contributed by atoms with E-state index in [2.05, 4.69) is 9.97 Å². The lowest BCUT2D eigenvalue weighted by Crippen LogP contribution is -2.06. The summed E-state index contributed by atoms with van der Waals surface area (Å²) in [5, 5.41) is 7.19. The Morgan fingerprint density at radius 3 is 2.52 bits per heavy atom. The average molecular weight is 346 g/mol. The van der Waals surface area contributed by atoms with Gasteiger partial charge in [-0.25, -0.2) is 4.98 Å². The molecule has 0 spiro atoms. The first-order valence-corrected chi connectivity index (χ1v) is 8.48. The predicted molar refractivity (Wildman–Crippen MR) is 103 cm³/mol. The van der Waals surface area contributed by atoms with Crippen molar-refractivity contribution in [1.29, 1.82) is 5.41 Å². The smallest absolute Gasteiger partial charge is 0.167 e. The van der Waals surface area contributed by atoms with Crippen molar-refractivity contribution >= 4 is 40.1 Å². The molecule has 0 aromatic carbocycles. The van der Waals surface area contributed by atoms with Gasteiger partial charge in [0.1, 0.15) is 0 Å². The van der Waals surface area contributed by atoms with Crippen molar-refractivity contribution in [2.24, 2.45) is 5.73 Å². The molecule has 0 unspecified atom stereocenters. The van der Waals surface area contributed by atoms with Crippen LogP contribution in [0.2, 0.25) is 0 Å². The maximum atomic E-state index is 6.99. The highest BCUT2D eigenvalue weighted by Gasteiger charge is 1.95. The second-order valence-electron chi connectivity index (χ2n) is 4.60.